The van der Waals surface area contributed by atoms with Crippen LogP contribution in [-0.2, 0) is 14.4 Å². The molecule has 3 saturated carbocycles. The number of fused-ring (bicyclic) bond motifs is 6. The number of carbonyl (C=O) groups is 3. The van der Waals surface area contributed by atoms with E-state index in [-0.39, 0.29) is 54.3 Å². The Morgan fingerprint density at radius 1 is 0.349 bits per heavy atom. The molecule has 3 amide bonds. The van der Waals surface area contributed by atoms with E-state index < -0.39 is 0 Å². The summed E-state index contributed by atoms with van der Waals surface area (Å²) in [6.07, 6.45) is 18.6. The Kier molecular flexibility index (Phi) is 23.5. The third-order valence-corrected chi connectivity index (χ3v) is 26.2. The molecule has 3 aliphatic carbocycles. The van der Waals surface area contributed by atoms with E-state index in [4.69, 9.17) is 93.1 Å². The number of carbonyl (C=O) groups excluding carboxylic acids is 3. The maximum absolute atomic E-state index is 12.3. The molecule has 6 aliphatic heterocycles. The van der Waals surface area contributed by atoms with Crippen LogP contribution in [0.1, 0.15) is 74.5 Å². The monoisotopic (exact) mass is 1760 g/mol. The highest BCUT2D eigenvalue weighted by molar-refractivity contribution is 6.37. The highest BCUT2D eigenvalue weighted by atomic mass is 35.5. The highest BCUT2D eigenvalue weighted by Gasteiger charge is 2.39. The summed E-state index contributed by atoms with van der Waals surface area (Å²) in [5.41, 5.74) is 13.3. The number of rotatable bonds is 21. The second kappa shape index (κ2) is 35.3. The van der Waals surface area contributed by atoms with Crippen molar-refractivity contribution < 1.29 is 42.8 Å². The van der Waals surface area contributed by atoms with E-state index in [2.05, 4.69) is 140 Å². The van der Waals surface area contributed by atoms with Gasteiger partial charge in [-0.05, 0) is 171 Å². The van der Waals surface area contributed by atoms with Crippen molar-refractivity contribution in [2.45, 2.75) is 115 Å². The molecule has 0 bridgehead atoms. The summed E-state index contributed by atoms with van der Waals surface area (Å²) < 4.78 is 39.3. The van der Waals surface area contributed by atoms with Crippen molar-refractivity contribution in [2.75, 3.05) is 154 Å². The van der Waals surface area contributed by atoms with Crippen LogP contribution in [-0.4, -0.2) is 283 Å². The average Bonchev–Trinajstić information content (AvgIpc) is 1.21. The topological polar surface area (TPSA) is 299 Å². The van der Waals surface area contributed by atoms with Gasteiger partial charge >= 0.3 is 18.0 Å². The SMILES string of the molecule is C=CC(=O)N1CCN(c2nc(O[C@@H]3CCN(C)C3)nc3c(OC4CC4)c(-c4c(C)ccc5[nH]ncc45)c(Cl)cc23)CC1.C=CC(=O)N1CCN(c2nc(O[C@@H]3CCN(C)C3)nc3c(OC4CC4)c(-c4c(C)ccc5[nH]ncc45)c(Cl)cc23)CC1.C=CC(=O)N1CCN(c2nc(O[C@@H]3CCN(C)C3)nc3c(OC4CC4)c(-c4c(C)ccc5[nH]ncc45)c(Cl)cc23)CC1. The summed E-state index contributed by atoms with van der Waals surface area (Å²) in [6, 6.07) is 19.1. The number of likely N-dealkylation sites (N-methyl/N-ethyl adjacent to an activating group) is 3. The number of piperazine rings is 3. The molecule has 6 aromatic heterocycles. The van der Waals surface area contributed by atoms with Crippen LogP contribution < -0.4 is 43.1 Å². The number of hydrogen-bond donors (Lipinski definition) is 3. The number of aromatic amines is 3. The van der Waals surface area contributed by atoms with Crippen molar-refractivity contribution in [3.63, 3.8) is 0 Å². The standard InChI is InChI=1S/3C31H34ClN7O3/c3*1-4-25(40)38-11-13-39(14-12-38)30-21-15-23(32)27(26-18(2)5-8-24-22(26)16-33-36-24)29(41-19-6-7-19)28(21)34-31(35-30)42-20-9-10-37(3)17-20/h3*4-5,8,15-16,19-20H,1,6-7,9-14,17H2,2-3H3,(H,33,36)/t3*20-/m111/s1. The van der Waals surface area contributed by atoms with Crippen LogP contribution in [0.3, 0.4) is 0 Å². The van der Waals surface area contributed by atoms with Gasteiger partial charge in [0.25, 0.3) is 0 Å². The van der Waals surface area contributed by atoms with Gasteiger partial charge in [0.2, 0.25) is 17.7 Å². The van der Waals surface area contributed by atoms with Crippen LogP contribution in [0.2, 0.25) is 15.1 Å². The molecule has 12 heterocycles. The molecular formula is C93H102Cl3N21O9. The zero-order valence-electron chi connectivity index (χ0n) is 71.7. The Morgan fingerprint density at radius 2 is 0.619 bits per heavy atom. The molecule has 30 nitrogen and oxygen atoms in total. The fourth-order valence-corrected chi connectivity index (χ4v) is 19.0. The van der Waals surface area contributed by atoms with E-state index in [0.717, 1.165) is 213 Å². The molecule has 33 heteroatoms. The molecular weight excluding hydrogens is 1660 g/mol. The van der Waals surface area contributed by atoms with Crippen molar-refractivity contribution in [1.82, 2.24) is 89.9 Å². The van der Waals surface area contributed by atoms with Crippen LogP contribution in [0.4, 0.5) is 17.5 Å². The van der Waals surface area contributed by atoms with E-state index in [0.29, 0.717) is 145 Å². The van der Waals surface area contributed by atoms with Gasteiger partial charge in [0.1, 0.15) is 52.3 Å². The minimum Gasteiger partial charge on any atom is -0.487 e. The zero-order chi connectivity index (χ0) is 86.9. The first-order chi connectivity index (χ1) is 61.2. The Morgan fingerprint density at radius 3 is 0.857 bits per heavy atom. The number of halogens is 3. The van der Waals surface area contributed by atoms with Crippen molar-refractivity contribution in [2.24, 2.45) is 0 Å². The lowest BCUT2D eigenvalue weighted by atomic mass is 9.94. The quantitative estimate of drug-likeness (QED) is 0.0563. The lowest BCUT2D eigenvalue weighted by molar-refractivity contribution is -0.127. The largest absolute Gasteiger partial charge is 0.487 e. The summed E-state index contributed by atoms with van der Waals surface area (Å²) in [5, 5.41) is 29.2. The number of aromatic nitrogens is 12. The molecule has 6 saturated heterocycles. The number of hydrogen-bond acceptors (Lipinski definition) is 24. The van der Waals surface area contributed by atoms with E-state index >= 15 is 0 Å². The van der Waals surface area contributed by atoms with Gasteiger partial charge in [-0.2, -0.15) is 45.2 Å². The predicted octanol–water partition coefficient (Wildman–Crippen LogP) is 13.8. The normalized spacial score (nSPS) is 19.5. The first kappa shape index (κ1) is 83.9. The van der Waals surface area contributed by atoms with Crippen molar-refractivity contribution in [3.8, 4) is 68.7 Å². The number of anilines is 3. The van der Waals surface area contributed by atoms with Crippen molar-refractivity contribution >= 4 is 135 Å². The van der Waals surface area contributed by atoms with Crippen LogP contribution in [0.5, 0.6) is 35.3 Å². The van der Waals surface area contributed by atoms with Crippen LogP contribution in [0, 0.1) is 20.8 Å². The first-order valence-electron chi connectivity index (χ1n) is 43.6. The Hall–Kier alpha value is -11.7. The fraction of sp³-hybridized carbons (Fsp3) is 0.419. The molecule has 0 radical (unpaired) electrons. The molecule has 12 aromatic rings. The van der Waals surface area contributed by atoms with E-state index in [9.17, 15) is 14.4 Å². The van der Waals surface area contributed by atoms with Crippen LogP contribution >= 0.6 is 34.8 Å². The lowest BCUT2D eigenvalue weighted by Gasteiger charge is -2.35. The molecule has 21 rings (SSSR count). The molecule has 3 atom stereocenters. The molecule has 9 aliphatic rings. The number of H-pyrrole nitrogens is 3. The van der Waals surface area contributed by atoms with Gasteiger partial charge in [0.05, 0.1) is 68.5 Å². The minimum atomic E-state index is -0.0619. The molecule has 654 valence electrons. The summed E-state index contributed by atoms with van der Waals surface area (Å²) in [6.45, 7) is 29.6. The summed E-state index contributed by atoms with van der Waals surface area (Å²) in [7, 11) is 6.28. The number of aryl methyl sites for hydroxylation is 3. The maximum Gasteiger partial charge on any atom is 0.319 e. The second-order valence-corrected chi connectivity index (χ2v) is 35.7. The van der Waals surface area contributed by atoms with E-state index in [1.807, 2.05) is 55.0 Å². The number of ether oxygens (including phenoxy) is 6. The maximum atomic E-state index is 12.3. The zero-order valence-corrected chi connectivity index (χ0v) is 74.0. The van der Waals surface area contributed by atoms with E-state index in [1.165, 1.54) is 18.2 Å². The first-order valence-corrected chi connectivity index (χ1v) is 44.8. The van der Waals surface area contributed by atoms with Gasteiger partial charge in [0.15, 0.2) is 17.2 Å². The smallest absolute Gasteiger partial charge is 0.319 e. The van der Waals surface area contributed by atoms with Gasteiger partial charge in [-0.25, -0.2) is 0 Å². The van der Waals surface area contributed by atoms with Gasteiger partial charge in [0, 0.05) is 184 Å². The van der Waals surface area contributed by atoms with Crippen molar-refractivity contribution in [1.29, 1.82) is 0 Å². The Labute approximate surface area is 744 Å². The number of nitrogens with one attached hydrogen (secondary N) is 3. The molecule has 0 spiro atoms. The molecule has 0 unspecified atom stereocenters. The third-order valence-electron chi connectivity index (χ3n) is 25.3. The Balaban J connectivity index is 0.000000123. The number of benzene rings is 6. The van der Waals surface area contributed by atoms with Gasteiger partial charge in [-0.1, -0.05) is 72.7 Å². The Bertz CT molecular complexity index is 5670. The minimum absolute atomic E-state index is 0.00357. The van der Waals surface area contributed by atoms with Crippen LogP contribution in [0.25, 0.3) is 98.8 Å². The molecule has 126 heavy (non-hydrogen) atoms. The fourth-order valence-electron chi connectivity index (χ4n) is 18.1. The van der Waals surface area contributed by atoms with Gasteiger partial charge < -0.3 is 72.5 Å². The molecule has 3 N–H and O–H groups in total. The summed E-state index contributed by atoms with van der Waals surface area (Å²) in [5.74, 6) is 3.96. The summed E-state index contributed by atoms with van der Waals surface area (Å²) >= 11 is 21.6. The lowest BCUT2D eigenvalue weighted by Crippen LogP contribution is -2.48. The van der Waals surface area contributed by atoms with Gasteiger partial charge in [-0.15, -0.1) is 0 Å². The van der Waals surface area contributed by atoms with Gasteiger partial charge in [-0.3, -0.25) is 29.7 Å². The number of likely N-dealkylation sites (tertiary alicyclic amines) is 3. The molecule has 6 aromatic carbocycles. The second-order valence-electron chi connectivity index (χ2n) is 34.5. The van der Waals surface area contributed by atoms with Crippen molar-refractivity contribution in [3.05, 3.63) is 143 Å². The predicted molar refractivity (Wildman–Crippen MR) is 491 cm³/mol. The number of nitrogens with zero attached hydrogens (tertiary/aromatic N) is 18. The van der Waals surface area contributed by atoms with Crippen LogP contribution in [0.15, 0.2) is 111 Å². The van der Waals surface area contributed by atoms with E-state index in [1.54, 1.807) is 14.7 Å². The average molecular weight is 1760 g/mol. The molecule has 9 fully saturated rings. The third kappa shape index (κ3) is 17.1. The summed E-state index contributed by atoms with van der Waals surface area (Å²) in [4.78, 5) is 85.4. The highest BCUT2D eigenvalue weighted by Crippen LogP contribution is 2.54. The number of amides is 3.